The molecule has 1 saturated carbocycles. The predicted molar refractivity (Wildman–Crippen MR) is 174 cm³/mol. The van der Waals surface area contributed by atoms with E-state index in [4.69, 9.17) is 9.84 Å². The number of fused-ring (bicyclic) bond motifs is 3. The summed E-state index contributed by atoms with van der Waals surface area (Å²) in [5.74, 6) is -0.456. The van der Waals surface area contributed by atoms with Gasteiger partial charge in [-0.2, -0.15) is 10.2 Å². The average Bonchev–Trinajstić information content (AvgIpc) is 3.79. The number of carbonyl (C=O) groups excluding carboxylic acids is 1. The van der Waals surface area contributed by atoms with Crippen LogP contribution in [-0.2, 0) is 17.2 Å². The Labute approximate surface area is 271 Å². The van der Waals surface area contributed by atoms with Crippen LogP contribution in [0.3, 0.4) is 0 Å². The van der Waals surface area contributed by atoms with E-state index >= 15 is 4.39 Å². The van der Waals surface area contributed by atoms with E-state index in [1.807, 2.05) is 27.7 Å². The largest absolute Gasteiger partial charge is 0.444 e. The fourth-order valence-corrected chi connectivity index (χ4v) is 7.43. The zero-order valence-corrected chi connectivity index (χ0v) is 27.8. The van der Waals surface area contributed by atoms with Crippen molar-refractivity contribution in [3.63, 3.8) is 0 Å². The molecule has 5 aromatic rings. The summed E-state index contributed by atoms with van der Waals surface area (Å²) in [7, 11) is 1.73. The number of aryl methyl sites for hydroxylation is 3. The Morgan fingerprint density at radius 3 is 2.34 bits per heavy atom. The van der Waals surface area contributed by atoms with E-state index in [2.05, 4.69) is 5.10 Å². The van der Waals surface area contributed by atoms with Crippen molar-refractivity contribution in [1.29, 1.82) is 0 Å². The summed E-state index contributed by atoms with van der Waals surface area (Å²) in [6.45, 7) is 11.2. The molecule has 3 aromatic heterocycles. The van der Waals surface area contributed by atoms with Crippen molar-refractivity contribution in [2.24, 2.45) is 7.05 Å². The van der Waals surface area contributed by atoms with Crippen LogP contribution in [0, 0.1) is 25.5 Å². The van der Waals surface area contributed by atoms with Crippen LogP contribution in [0.1, 0.15) is 81.8 Å². The fraction of sp³-hybridized carbons (Fsp3) is 0.429. The van der Waals surface area contributed by atoms with Crippen LogP contribution in [0.4, 0.5) is 13.6 Å². The molecule has 47 heavy (non-hydrogen) atoms. The third-order valence-electron chi connectivity index (χ3n) is 9.72. The molecule has 0 unspecified atom stereocenters. The lowest BCUT2D eigenvalue weighted by molar-refractivity contribution is 0.00811. The van der Waals surface area contributed by atoms with Crippen LogP contribution in [0.15, 0.2) is 47.7 Å². The molecule has 0 N–H and O–H groups in total. The van der Waals surface area contributed by atoms with Gasteiger partial charge in [0.15, 0.2) is 5.82 Å². The molecule has 10 nitrogen and oxygen atoms in total. The maximum Gasteiger partial charge on any atom is 0.410 e. The lowest BCUT2D eigenvalue weighted by Gasteiger charge is -2.43. The molecule has 1 spiro atoms. The topological polar surface area (TPSA) is 92.1 Å². The van der Waals surface area contributed by atoms with E-state index in [9.17, 15) is 14.0 Å². The van der Waals surface area contributed by atoms with Gasteiger partial charge < -0.3 is 9.64 Å². The molecule has 1 atom stereocenters. The third-order valence-corrected chi connectivity index (χ3v) is 9.72. The molecule has 4 heterocycles. The van der Waals surface area contributed by atoms with Gasteiger partial charge in [-0.3, -0.25) is 13.8 Å². The zero-order chi connectivity index (χ0) is 33.6. The van der Waals surface area contributed by atoms with Crippen LogP contribution in [-0.4, -0.2) is 51.8 Å². The van der Waals surface area contributed by atoms with Gasteiger partial charge in [0.25, 0.3) is 0 Å². The average molecular weight is 644 g/mol. The highest BCUT2D eigenvalue weighted by Crippen LogP contribution is 2.50. The molecule has 2 aliphatic rings. The third kappa shape index (κ3) is 4.79. The molecule has 1 fully saturated rings. The second kappa shape index (κ2) is 10.6. The van der Waals surface area contributed by atoms with Crippen LogP contribution in [0.5, 0.6) is 0 Å². The first kappa shape index (κ1) is 30.9. The van der Waals surface area contributed by atoms with Gasteiger partial charge in [-0.15, -0.1) is 0 Å². The summed E-state index contributed by atoms with van der Waals surface area (Å²) in [5, 5.41) is 9.67. The molecule has 246 valence electrons. The Morgan fingerprint density at radius 2 is 1.68 bits per heavy atom. The van der Waals surface area contributed by atoms with E-state index in [-0.39, 0.29) is 11.5 Å². The summed E-state index contributed by atoms with van der Waals surface area (Å²) < 4.78 is 42.6. The molecule has 7 rings (SSSR count). The molecule has 1 aliphatic heterocycles. The number of benzene rings is 2. The highest BCUT2D eigenvalue weighted by atomic mass is 19.1. The van der Waals surface area contributed by atoms with Gasteiger partial charge in [0.2, 0.25) is 0 Å². The van der Waals surface area contributed by atoms with Crippen molar-refractivity contribution >= 4 is 17.0 Å². The summed E-state index contributed by atoms with van der Waals surface area (Å²) >= 11 is 0. The Morgan fingerprint density at radius 1 is 1.02 bits per heavy atom. The number of hydrogen-bond donors (Lipinski definition) is 0. The Balaban J connectivity index is 1.49. The van der Waals surface area contributed by atoms with Gasteiger partial charge in [0, 0.05) is 37.0 Å². The summed E-state index contributed by atoms with van der Waals surface area (Å²) in [6, 6.07) is 6.19. The zero-order valence-electron chi connectivity index (χ0n) is 27.8. The van der Waals surface area contributed by atoms with E-state index in [0.717, 1.165) is 31.4 Å². The quantitative estimate of drug-likeness (QED) is 0.218. The smallest absolute Gasteiger partial charge is 0.410 e. The summed E-state index contributed by atoms with van der Waals surface area (Å²) in [6.07, 6.45) is 7.69. The first-order valence-corrected chi connectivity index (χ1v) is 16.0. The standard InChI is InChI=1S/C35H39F2N7O3/c1-20-16-23(17-21(2)28(20)36)44-31(42-15-14-41(32(42)45)26-11-10-25-24(29(26)37)18-38-40(25)7)27-22(3)43(33(46)47-34(4,5)6)19-35(30(27)39-44)12-8-9-13-35/h10-11,14-18,22H,8-9,12-13,19H2,1-7H3/t22-/m0/s1. The molecule has 0 saturated heterocycles. The lowest BCUT2D eigenvalue weighted by Crippen LogP contribution is -2.50. The molecular formula is C35H39F2N7O3. The minimum Gasteiger partial charge on any atom is -0.444 e. The van der Waals surface area contributed by atoms with Crippen LogP contribution in [0.25, 0.3) is 28.1 Å². The second-order valence-electron chi connectivity index (χ2n) is 14.1. The number of hydrogen-bond acceptors (Lipinski definition) is 5. The Kier molecular flexibility index (Phi) is 7.00. The first-order valence-electron chi connectivity index (χ1n) is 16.0. The summed E-state index contributed by atoms with van der Waals surface area (Å²) in [5.41, 5.74) is 2.00. The van der Waals surface area contributed by atoms with E-state index < -0.39 is 34.7 Å². The Hall–Kier alpha value is -4.74. The number of imidazole rings is 1. The first-order chi connectivity index (χ1) is 22.2. The van der Waals surface area contributed by atoms with Crippen molar-refractivity contribution in [2.75, 3.05) is 6.54 Å². The van der Waals surface area contributed by atoms with Crippen LogP contribution < -0.4 is 5.69 Å². The van der Waals surface area contributed by atoms with E-state index in [0.29, 0.717) is 45.6 Å². The molecule has 1 aliphatic carbocycles. The van der Waals surface area contributed by atoms with Crippen molar-refractivity contribution in [3.05, 3.63) is 87.4 Å². The monoisotopic (exact) mass is 643 g/mol. The lowest BCUT2D eigenvalue weighted by atomic mass is 9.75. The molecule has 1 amide bonds. The Bertz CT molecular complexity index is 2100. The number of rotatable bonds is 3. The van der Waals surface area contributed by atoms with Gasteiger partial charge in [-0.25, -0.2) is 23.1 Å². The minimum absolute atomic E-state index is 0.0818. The highest BCUT2D eigenvalue weighted by molar-refractivity contribution is 5.81. The number of nitrogens with zero attached hydrogens (tertiary/aromatic N) is 7. The normalized spacial score (nSPS) is 17.6. The molecule has 0 radical (unpaired) electrons. The molecule has 12 heteroatoms. The number of carbonyl (C=O) groups is 1. The number of aromatic nitrogens is 6. The van der Waals surface area contributed by atoms with Gasteiger partial charge in [0.05, 0.1) is 40.2 Å². The van der Waals surface area contributed by atoms with Crippen molar-refractivity contribution in [1.82, 2.24) is 33.6 Å². The number of amides is 1. The van der Waals surface area contributed by atoms with Gasteiger partial charge >= 0.3 is 11.8 Å². The SMILES string of the molecule is Cc1cc(-n2nc3c(c2-n2ccn(-c4ccc5c(cnn5C)c4F)c2=O)[C@H](C)N(C(=O)OC(C)(C)C)CC32CCCC2)cc(C)c1F. The van der Waals surface area contributed by atoms with Gasteiger partial charge in [-0.1, -0.05) is 12.8 Å². The highest BCUT2D eigenvalue weighted by Gasteiger charge is 2.50. The van der Waals surface area contributed by atoms with Gasteiger partial charge in [-0.05, 0) is 89.8 Å². The second-order valence-corrected chi connectivity index (χ2v) is 14.1. The van der Waals surface area contributed by atoms with Crippen molar-refractivity contribution in [2.45, 2.75) is 84.3 Å². The van der Waals surface area contributed by atoms with Crippen LogP contribution >= 0.6 is 0 Å². The van der Waals surface area contributed by atoms with Crippen molar-refractivity contribution < 1.29 is 18.3 Å². The number of halogens is 2. The van der Waals surface area contributed by atoms with E-state index in [1.54, 1.807) is 65.6 Å². The van der Waals surface area contributed by atoms with Crippen LogP contribution in [0.2, 0.25) is 0 Å². The predicted octanol–water partition coefficient (Wildman–Crippen LogP) is 6.72. The molecule has 0 bridgehead atoms. The maximum absolute atomic E-state index is 15.8. The fourth-order valence-electron chi connectivity index (χ4n) is 7.43. The molecular weight excluding hydrogens is 604 g/mol. The number of ether oxygens (including phenoxy) is 1. The maximum atomic E-state index is 15.8. The minimum atomic E-state index is -0.705. The summed E-state index contributed by atoms with van der Waals surface area (Å²) in [4.78, 5) is 29.9. The van der Waals surface area contributed by atoms with E-state index in [1.165, 1.54) is 21.5 Å². The van der Waals surface area contributed by atoms with Crippen molar-refractivity contribution in [3.8, 4) is 17.2 Å². The molecule has 2 aromatic carbocycles. The van der Waals surface area contributed by atoms with Gasteiger partial charge in [0.1, 0.15) is 17.2 Å².